The molecule has 0 bridgehead atoms. The van der Waals surface area contributed by atoms with Gasteiger partial charge >= 0.3 is 0 Å². The summed E-state index contributed by atoms with van der Waals surface area (Å²) in [5.41, 5.74) is 2.96. The van der Waals surface area contributed by atoms with Gasteiger partial charge in [0.1, 0.15) is 23.3 Å². The first kappa shape index (κ1) is 18.0. The molecule has 2 aromatic rings. The van der Waals surface area contributed by atoms with E-state index in [1.54, 1.807) is 23.9 Å². The molecule has 6 nitrogen and oxygen atoms in total. The summed E-state index contributed by atoms with van der Waals surface area (Å²) >= 11 is 0. The third-order valence-corrected chi connectivity index (χ3v) is 4.46. The second kappa shape index (κ2) is 7.23. The zero-order chi connectivity index (χ0) is 18.8. The first-order valence-corrected chi connectivity index (χ1v) is 8.79. The number of carbonyl (C=O) groups excluding carboxylic acids is 2. The fraction of sp³-hybridized carbons (Fsp3) is 0.400. The number of benzene rings is 1. The van der Waals surface area contributed by atoms with Crippen LogP contribution < -0.4 is 14.8 Å². The molecule has 1 aromatic heterocycles. The summed E-state index contributed by atoms with van der Waals surface area (Å²) in [5, 5.41) is 2.90. The molecule has 1 aliphatic rings. The van der Waals surface area contributed by atoms with Crippen LogP contribution in [-0.4, -0.2) is 29.0 Å². The Hall–Kier alpha value is -2.76. The second-order valence-electron chi connectivity index (χ2n) is 6.60. The summed E-state index contributed by atoms with van der Waals surface area (Å²) < 4.78 is 13.2. The fourth-order valence-electron chi connectivity index (χ4n) is 3.16. The summed E-state index contributed by atoms with van der Waals surface area (Å²) in [6.45, 7) is 6.32. The molecule has 0 fully saturated rings. The lowest BCUT2D eigenvalue weighted by Gasteiger charge is -2.13. The van der Waals surface area contributed by atoms with E-state index in [-0.39, 0.29) is 17.8 Å². The van der Waals surface area contributed by atoms with E-state index in [0.29, 0.717) is 24.4 Å². The predicted octanol–water partition coefficient (Wildman–Crippen LogP) is 2.88. The van der Waals surface area contributed by atoms with E-state index >= 15 is 0 Å². The number of aryl methyl sites for hydroxylation is 1. The van der Waals surface area contributed by atoms with Crippen LogP contribution in [0.4, 0.5) is 0 Å². The molecule has 1 atom stereocenters. The normalized spacial score (nSPS) is 15.3. The largest absolute Gasteiger partial charge is 0.494 e. The van der Waals surface area contributed by atoms with Crippen LogP contribution >= 0.6 is 0 Å². The van der Waals surface area contributed by atoms with Crippen molar-refractivity contribution in [3.05, 3.63) is 46.8 Å². The minimum atomic E-state index is -0.239. The standard InChI is InChI=1S/C20H24N2O4/c1-5-25-18-8-14-6-12(2)26-19(14)9-15(18)10-21-20(24)17-7-16(13(3)23)11-22(17)4/h7-9,11-12H,5-6,10H2,1-4H3,(H,21,24)/t12-/m1/s1. The quantitative estimate of drug-likeness (QED) is 0.808. The van der Waals surface area contributed by atoms with Gasteiger partial charge in [-0.05, 0) is 39.0 Å². The van der Waals surface area contributed by atoms with Crippen molar-refractivity contribution in [1.82, 2.24) is 9.88 Å². The number of rotatable bonds is 6. The van der Waals surface area contributed by atoms with E-state index in [1.807, 2.05) is 26.0 Å². The topological polar surface area (TPSA) is 69.6 Å². The van der Waals surface area contributed by atoms with Gasteiger partial charge in [0.15, 0.2) is 5.78 Å². The number of Topliss-reactive ketones (excluding diaryl/α,β-unsaturated/α-hetero) is 1. The van der Waals surface area contributed by atoms with Crippen molar-refractivity contribution >= 4 is 11.7 Å². The first-order chi connectivity index (χ1) is 12.4. The Morgan fingerprint density at radius 2 is 2.12 bits per heavy atom. The van der Waals surface area contributed by atoms with E-state index in [0.717, 1.165) is 29.0 Å². The third-order valence-electron chi connectivity index (χ3n) is 4.46. The van der Waals surface area contributed by atoms with Gasteiger partial charge < -0.3 is 19.4 Å². The minimum absolute atomic E-state index is 0.0665. The van der Waals surface area contributed by atoms with E-state index < -0.39 is 0 Å². The number of aromatic nitrogens is 1. The predicted molar refractivity (Wildman–Crippen MR) is 98.0 cm³/mol. The highest BCUT2D eigenvalue weighted by Gasteiger charge is 2.22. The number of fused-ring (bicyclic) bond motifs is 1. The molecule has 1 N–H and O–H groups in total. The monoisotopic (exact) mass is 356 g/mol. The number of nitrogens with one attached hydrogen (secondary N) is 1. The number of hydrogen-bond donors (Lipinski definition) is 1. The summed E-state index contributed by atoms with van der Waals surface area (Å²) in [5.74, 6) is 1.31. The van der Waals surface area contributed by atoms with Crippen molar-refractivity contribution in [3.8, 4) is 11.5 Å². The zero-order valence-electron chi connectivity index (χ0n) is 15.6. The molecule has 0 aliphatic carbocycles. The SMILES string of the molecule is CCOc1cc2c(cc1CNC(=O)c1cc(C(C)=O)cn1C)O[C@H](C)C2. The number of amides is 1. The maximum atomic E-state index is 12.5. The molecule has 26 heavy (non-hydrogen) atoms. The van der Waals surface area contributed by atoms with Crippen molar-refractivity contribution in [2.24, 2.45) is 7.05 Å². The Kier molecular flexibility index (Phi) is 5.02. The molecule has 0 saturated carbocycles. The third kappa shape index (κ3) is 3.59. The maximum Gasteiger partial charge on any atom is 0.268 e. The van der Waals surface area contributed by atoms with Gasteiger partial charge in [-0.25, -0.2) is 0 Å². The van der Waals surface area contributed by atoms with Crippen LogP contribution in [0, 0.1) is 0 Å². The number of hydrogen-bond acceptors (Lipinski definition) is 4. The minimum Gasteiger partial charge on any atom is -0.494 e. The van der Waals surface area contributed by atoms with Gasteiger partial charge in [-0.3, -0.25) is 9.59 Å². The number of ketones is 1. The van der Waals surface area contributed by atoms with Gasteiger partial charge in [0, 0.05) is 42.9 Å². The average molecular weight is 356 g/mol. The van der Waals surface area contributed by atoms with Crippen LogP contribution in [0.5, 0.6) is 11.5 Å². The number of nitrogens with zero attached hydrogens (tertiary/aromatic N) is 1. The van der Waals surface area contributed by atoms with Crippen molar-refractivity contribution in [1.29, 1.82) is 0 Å². The van der Waals surface area contributed by atoms with Gasteiger partial charge in [0.25, 0.3) is 5.91 Å². The molecule has 0 saturated heterocycles. The summed E-state index contributed by atoms with van der Waals surface area (Å²) in [6, 6.07) is 5.55. The Balaban J connectivity index is 1.78. The van der Waals surface area contributed by atoms with E-state index in [9.17, 15) is 9.59 Å². The summed E-state index contributed by atoms with van der Waals surface area (Å²) in [4.78, 5) is 24.0. The fourth-order valence-corrected chi connectivity index (χ4v) is 3.16. The molecule has 1 amide bonds. The molecule has 0 spiro atoms. The highest BCUT2D eigenvalue weighted by molar-refractivity contribution is 5.99. The Labute approximate surface area is 153 Å². The van der Waals surface area contributed by atoms with Crippen LogP contribution in [0.15, 0.2) is 24.4 Å². The van der Waals surface area contributed by atoms with Crippen molar-refractivity contribution in [2.75, 3.05) is 6.61 Å². The number of ether oxygens (including phenoxy) is 2. The molecule has 138 valence electrons. The molecule has 3 rings (SSSR count). The summed E-state index contributed by atoms with van der Waals surface area (Å²) in [7, 11) is 1.75. The second-order valence-corrected chi connectivity index (χ2v) is 6.60. The Bertz CT molecular complexity index is 854. The molecule has 0 unspecified atom stereocenters. The lowest BCUT2D eigenvalue weighted by atomic mass is 10.1. The van der Waals surface area contributed by atoms with E-state index in [2.05, 4.69) is 5.32 Å². The molecule has 0 radical (unpaired) electrons. The lowest BCUT2D eigenvalue weighted by Crippen LogP contribution is -2.25. The van der Waals surface area contributed by atoms with Crippen LogP contribution in [0.3, 0.4) is 0 Å². The number of carbonyl (C=O) groups is 2. The zero-order valence-corrected chi connectivity index (χ0v) is 15.6. The smallest absolute Gasteiger partial charge is 0.268 e. The Morgan fingerprint density at radius 1 is 1.35 bits per heavy atom. The van der Waals surface area contributed by atoms with Crippen LogP contribution in [0.2, 0.25) is 0 Å². The van der Waals surface area contributed by atoms with Gasteiger partial charge in [0.05, 0.1) is 6.61 Å². The van der Waals surface area contributed by atoms with Crippen molar-refractivity contribution in [2.45, 2.75) is 39.8 Å². The maximum absolute atomic E-state index is 12.5. The van der Waals surface area contributed by atoms with Crippen LogP contribution in [0.1, 0.15) is 52.7 Å². The van der Waals surface area contributed by atoms with Crippen LogP contribution in [0.25, 0.3) is 0 Å². The Morgan fingerprint density at radius 3 is 2.77 bits per heavy atom. The molecular formula is C20H24N2O4. The molecular weight excluding hydrogens is 332 g/mol. The highest BCUT2D eigenvalue weighted by atomic mass is 16.5. The van der Waals surface area contributed by atoms with Gasteiger partial charge in [-0.2, -0.15) is 0 Å². The van der Waals surface area contributed by atoms with Gasteiger partial charge in [0.2, 0.25) is 0 Å². The summed E-state index contributed by atoms with van der Waals surface area (Å²) in [6.07, 6.45) is 2.67. The first-order valence-electron chi connectivity index (χ1n) is 8.79. The highest BCUT2D eigenvalue weighted by Crippen LogP contribution is 2.35. The van der Waals surface area contributed by atoms with Gasteiger partial charge in [-0.1, -0.05) is 0 Å². The molecule has 2 heterocycles. The van der Waals surface area contributed by atoms with Crippen molar-refractivity contribution < 1.29 is 19.1 Å². The molecule has 1 aromatic carbocycles. The average Bonchev–Trinajstić information content (AvgIpc) is 3.14. The molecule has 6 heteroatoms. The van der Waals surface area contributed by atoms with Crippen LogP contribution in [-0.2, 0) is 20.0 Å². The van der Waals surface area contributed by atoms with Gasteiger partial charge in [-0.15, -0.1) is 0 Å². The lowest BCUT2D eigenvalue weighted by molar-refractivity contribution is 0.0942. The van der Waals surface area contributed by atoms with E-state index in [1.165, 1.54) is 6.92 Å². The molecule has 1 aliphatic heterocycles. The van der Waals surface area contributed by atoms with Crippen molar-refractivity contribution in [3.63, 3.8) is 0 Å². The van der Waals surface area contributed by atoms with E-state index in [4.69, 9.17) is 9.47 Å².